The van der Waals surface area contributed by atoms with Crippen molar-refractivity contribution in [3.05, 3.63) is 76.5 Å². The molecule has 1 amide bonds. The smallest absolute Gasteiger partial charge is 0.412 e. The van der Waals surface area contributed by atoms with E-state index in [0.29, 0.717) is 57.1 Å². The van der Waals surface area contributed by atoms with Crippen LogP contribution < -0.4 is 19.5 Å². The van der Waals surface area contributed by atoms with Crippen molar-refractivity contribution in [3.63, 3.8) is 0 Å². The highest BCUT2D eigenvalue weighted by atomic mass is 35.5. The molecule has 1 aromatic heterocycles. The topological polar surface area (TPSA) is 100 Å². The van der Waals surface area contributed by atoms with Gasteiger partial charge in [-0.15, -0.1) is 5.10 Å². The lowest BCUT2D eigenvalue weighted by atomic mass is 10.0. The van der Waals surface area contributed by atoms with E-state index in [4.69, 9.17) is 37.4 Å². The first-order valence-corrected chi connectivity index (χ1v) is 11.2. The van der Waals surface area contributed by atoms with Crippen LogP contribution in [0, 0.1) is 0 Å². The summed E-state index contributed by atoms with van der Waals surface area (Å²) in [5.41, 5.74) is 2.98. The average molecular weight is 514 g/mol. The number of nitrogens with zero attached hydrogens (tertiary/aromatic N) is 4. The van der Waals surface area contributed by atoms with Crippen LogP contribution in [-0.2, 0) is 6.42 Å². The summed E-state index contributed by atoms with van der Waals surface area (Å²) in [7, 11) is 3.15. The van der Waals surface area contributed by atoms with E-state index in [9.17, 15) is 4.79 Å². The van der Waals surface area contributed by atoms with E-state index in [1.54, 1.807) is 44.6 Å². The molecular formula is C24H21Cl2N5O4. The summed E-state index contributed by atoms with van der Waals surface area (Å²) in [6.45, 7) is 0.358. The predicted molar refractivity (Wildman–Crippen MR) is 132 cm³/mol. The van der Waals surface area contributed by atoms with Crippen molar-refractivity contribution in [1.29, 1.82) is 0 Å². The fourth-order valence-electron chi connectivity index (χ4n) is 3.42. The van der Waals surface area contributed by atoms with Gasteiger partial charge in [0.05, 0.1) is 19.9 Å². The molecule has 1 N–H and O–H groups in total. The molecule has 0 saturated carbocycles. The summed E-state index contributed by atoms with van der Waals surface area (Å²) in [6.07, 6.45) is 1.41. The van der Waals surface area contributed by atoms with Crippen LogP contribution in [0.15, 0.2) is 60.9 Å². The molecule has 180 valence electrons. The quantitative estimate of drug-likeness (QED) is 0.354. The molecule has 0 aliphatic heterocycles. The monoisotopic (exact) mass is 513 g/mol. The molecule has 1 heterocycles. The van der Waals surface area contributed by atoms with Gasteiger partial charge in [0.1, 0.15) is 12.1 Å². The maximum absolute atomic E-state index is 12.5. The minimum Gasteiger partial charge on any atom is -0.493 e. The first-order valence-electron chi connectivity index (χ1n) is 10.5. The van der Waals surface area contributed by atoms with Gasteiger partial charge in [0.25, 0.3) is 0 Å². The zero-order valence-electron chi connectivity index (χ0n) is 18.9. The van der Waals surface area contributed by atoms with Crippen LogP contribution in [0.3, 0.4) is 0 Å². The van der Waals surface area contributed by atoms with Gasteiger partial charge in [0.15, 0.2) is 11.5 Å². The normalized spacial score (nSPS) is 10.6. The lowest BCUT2D eigenvalue weighted by Gasteiger charge is -2.12. The Balaban J connectivity index is 1.49. The third kappa shape index (κ3) is 6.00. The van der Waals surface area contributed by atoms with E-state index in [2.05, 4.69) is 20.8 Å². The van der Waals surface area contributed by atoms with Crippen molar-refractivity contribution >= 4 is 29.3 Å². The largest absolute Gasteiger partial charge is 0.493 e. The predicted octanol–water partition coefficient (Wildman–Crippen LogP) is 4.98. The second-order valence-corrected chi connectivity index (χ2v) is 8.19. The molecule has 35 heavy (non-hydrogen) atoms. The lowest BCUT2D eigenvalue weighted by Crippen LogP contribution is -2.28. The molecule has 0 radical (unpaired) electrons. The molecule has 0 atom stereocenters. The van der Waals surface area contributed by atoms with Gasteiger partial charge in [-0.25, -0.2) is 9.48 Å². The number of rotatable bonds is 8. The maximum Gasteiger partial charge on any atom is 0.412 e. The fourth-order valence-corrected chi connectivity index (χ4v) is 3.94. The molecule has 3 aromatic carbocycles. The molecule has 4 aromatic rings. The number of amides is 1. The summed E-state index contributed by atoms with van der Waals surface area (Å²) in [5, 5.41) is 15.0. The van der Waals surface area contributed by atoms with Gasteiger partial charge in [-0.1, -0.05) is 35.3 Å². The number of hydrogen-bond donors (Lipinski definition) is 1. The Bertz CT molecular complexity index is 1330. The van der Waals surface area contributed by atoms with Crippen molar-refractivity contribution in [2.75, 3.05) is 20.8 Å². The zero-order valence-corrected chi connectivity index (χ0v) is 20.4. The Morgan fingerprint density at radius 1 is 1.00 bits per heavy atom. The minimum absolute atomic E-state index is 0.294. The third-order valence-electron chi connectivity index (χ3n) is 5.09. The number of aromatic nitrogens is 4. The van der Waals surface area contributed by atoms with E-state index < -0.39 is 6.09 Å². The fraction of sp³-hybridized carbons (Fsp3) is 0.167. The number of methoxy groups -OCH3 is 2. The molecule has 0 fully saturated rings. The van der Waals surface area contributed by atoms with Crippen molar-refractivity contribution in [2.45, 2.75) is 6.42 Å². The molecule has 9 nitrogen and oxygen atoms in total. The second kappa shape index (κ2) is 11.1. The molecule has 0 bridgehead atoms. The SMILES string of the molecule is COc1ccc(CCNC(=O)Oc2cc(-c3ccc(Cl)cc3Cl)cc(-n3cnnn3)c2)cc1OC. The lowest BCUT2D eigenvalue weighted by molar-refractivity contribution is 0.200. The van der Waals surface area contributed by atoms with Crippen LogP contribution in [0.1, 0.15) is 5.56 Å². The van der Waals surface area contributed by atoms with Crippen molar-refractivity contribution in [1.82, 2.24) is 25.5 Å². The van der Waals surface area contributed by atoms with E-state index in [0.717, 1.165) is 5.56 Å². The number of carbonyl (C=O) groups is 1. The zero-order chi connectivity index (χ0) is 24.8. The van der Waals surface area contributed by atoms with Gasteiger partial charge < -0.3 is 19.5 Å². The molecule has 0 aliphatic rings. The Morgan fingerprint density at radius 2 is 1.83 bits per heavy atom. The van der Waals surface area contributed by atoms with Crippen LogP contribution in [0.5, 0.6) is 17.2 Å². The van der Waals surface area contributed by atoms with Crippen LogP contribution in [0.2, 0.25) is 10.0 Å². The van der Waals surface area contributed by atoms with Crippen molar-refractivity contribution < 1.29 is 19.0 Å². The highest BCUT2D eigenvalue weighted by molar-refractivity contribution is 6.36. The standard InChI is InChI=1S/C24H21Cl2N5O4/c1-33-22-6-3-15(9-23(22)34-2)7-8-27-24(32)35-19-11-16(20-5-4-17(25)12-21(20)26)10-18(13-19)31-14-28-29-30-31/h3-6,9-14H,7-8H2,1-2H3,(H,27,32). The Kier molecular flexibility index (Phi) is 7.69. The number of nitrogens with one attached hydrogen (secondary N) is 1. The van der Waals surface area contributed by atoms with E-state index >= 15 is 0 Å². The Morgan fingerprint density at radius 3 is 2.54 bits per heavy atom. The average Bonchev–Trinajstić information content (AvgIpc) is 3.39. The van der Waals surface area contributed by atoms with Gasteiger partial charge in [-0.2, -0.15) is 0 Å². The molecule has 0 saturated heterocycles. The van der Waals surface area contributed by atoms with Crippen LogP contribution >= 0.6 is 23.2 Å². The highest BCUT2D eigenvalue weighted by Crippen LogP contribution is 2.34. The first kappa shape index (κ1) is 24.3. The third-order valence-corrected chi connectivity index (χ3v) is 5.64. The maximum atomic E-state index is 12.5. The van der Waals surface area contributed by atoms with E-state index in [1.165, 1.54) is 11.0 Å². The summed E-state index contributed by atoms with van der Waals surface area (Å²) >= 11 is 12.4. The molecule has 0 aliphatic carbocycles. The summed E-state index contributed by atoms with van der Waals surface area (Å²) in [5.74, 6) is 1.56. The number of halogens is 2. The minimum atomic E-state index is -0.604. The number of benzene rings is 3. The summed E-state index contributed by atoms with van der Waals surface area (Å²) in [6, 6.07) is 15.9. The summed E-state index contributed by atoms with van der Waals surface area (Å²) < 4.78 is 17.6. The van der Waals surface area contributed by atoms with Gasteiger partial charge in [0, 0.05) is 28.2 Å². The number of hydrogen-bond acceptors (Lipinski definition) is 7. The number of carbonyl (C=O) groups excluding carboxylic acids is 1. The van der Waals surface area contributed by atoms with Gasteiger partial charge >= 0.3 is 6.09 Å². The van der Waals surface area contributed by atoms with Gasteiger partial charge in [0.2, 0.25) is 0 Å². The molecule has 11 heteroatoms. The van der Waals surface area contributed by atoms with E-state index in [1.807, 2.05) is 24.3 Å². The van der Waals surface area contributed by atoms with Crippen molar-refractivity contribution in [2.24, 2.45) is 0 Å². The van der Waals surface area contributed by atoms with Crippen molar-refractivity contribution in [3.8, 4) is 34.1 Å². The van der Waals surface area contributed by atoms with Crippen LogP contribution in [0.25, 0.3) is 16.8 Å². The molecular weight excluding hydrogens is 493 g/mol. The molecule has 0 spiro atoms. The Hall–Kier alpha value is -3.82. The molecule has 4 rings (SSSR count). The molecule has 0 unspecified atom stereocenters. The Labute approximate surface area is 211 Å². The number of ether oxygens (including phenoxy) is 3. The second-order valence-electron chi connectivity index (χ2n) is 7.35. The van der Waals surface area contributed by atoms with E-state index in [-0.39, 0.29) is 0 Å². The number of tetrazole rings is 1. The highest BCUT2D eigenvalue weighted by Gasteiger charge is 2.13. The van der Waals surface area contributed by atoms with Crippen LogP contribution in [-0.4, -0.2) is 47.1 Å². The first-order chi connectivity index (χ1) is 17.0. The van der Waals surface area contributed by atoms with Crippen LogP contribution in [0.4, 0.5) is 4.79 Å². The van der Waals surface area contributed by atoms with Gasteiger partial charge in [-0.05, 0) is 64.4 Å². The van der Waals surface area contributed by atoms with Gasteiger partial charge in [-0.3, -0.25) is 0 Å². The summed E-state index contributed by atoms with van der Waals surface area (Å²) in [4.78, 5) is 12.5.